The van der Waals surface area contributed by atoms with Crippen LogP contribution >= 0.6 is 11.6 Å². The molecule has 2 rings (SSSR count). The zero-order valence-electron chi connectivity index (χ0n) is 9.60. The average Bonchev–Trinajstić information content (AvgIpc) is 2.32. The van der Waals surface area contributed by atoms with Crippen LogP contribution < -0.4 is 5.32 Å². The van der Waals surface area contributed by atoms with Crippen molar-refractivity contribution >= 4 is 17.3 Å². The molecule has 0 saturated carbocycles. The molecule has 0 spiro atoms. The molecule has 0 amide bonds. The summed E-state index contributed by atoms with van der Waals surface area (Å²) < 4.78 is 37.4. The van der Waals surface area contributed by atoms with E-state index in [1.807, 2.05) is 6.08 Å². The molecule has 0 bridgehead atoms. The lowest BCUT2D eigenvalue weighted by Crippen LogP contribution is -2.19. The van der Waals surface area contributed by atoms with Crippen molar-refractivity contribution in [2.75, 3.05) is 5.32 Å². The van der Waals surface area contributed by atoms with Gasteiger partial charge < -0.3 is 5.32 Å². The van der Waals surface area contributed by atoms with E-state index in [2.05, 4.69) is 11.4 Å². The van der Waals surface area contributed by atoms with Crippen LogP contribution in [-0.2, 0) is 6.18 Å². The monoisotopic (exact) mass is 275 g/mol. The summed E-state index contributed by atoms with van der Waals surface area (Å²) in [5.41, 5.74) is -0.182. The zero-order valence-corrected chi connectivity index (χ0v) is 10.4. The average molecular weight is 276 g/mol. The van der Waals surface area contributed by atoms with E-state index >= 15 is 0 Å². The molecule has 0 aliphatic heterocycles. The molecule has 1 atom stereocenters. The highest BCUT2D eigenvalue weighted by Crippen LogP contribution is 2.34. The predicted molar refractivity (Wildman–Crippen MR) is 66.9 cm³/mol. The van der Waals surface area contributed by atoms with E-state index in [-0.39, 0.29) is 11.1 Å². The van der Waals surface area contributed by atoms with Gasteiger partial charge >= 0.3 is 6.18 Å². The molecule has 0 fully saturated rings. The number of nitrogens with one attached hydrogen (secondary N) is 1. The fraction of sp³-hybridized carbons (Fsp3) is 0.385. The Morgan fingerprint density at radius 3 is 2.61 bits per heavy atom. The maximum Gasteiger partial charge on any atom is 0.416 e. The molecule has 1 N–H and O–H groups in total. The molecule has 0 saturated heterocycles. The quantitative estimate of drug-likeness (QED) is 0.759. The SMILES string of the molecule is FC(F)(F)c1ccc(NC2C=CCCC2)c(Cl)c1. The summed E-state index contributed by atoms with van der Waals surface area (Å²) in [7, 11) is 0. The summed E-state index contributed by atoms with van der Waals surface area (Å²) in [5, 5.41) is 3.24. The minimum Gasteiger partial charge on any atom is -0.378 e. The van der Waals surface area contributed by atoms with Crippen molar-refractivity contribution in [3.05, 3.63) is 40.9 Å². The first-order chi connectivity index (χ1) is 8.47. The lowest BCUT2D eigenvalue weighted by Gasteiger charge is -2.20. The van der Waals surface area contributed by atoms with Crippen LogP contribution in [0, 0.1) is 0 Å². The standard InChI is InChI=1S/C13H13ClF3N/c14-11-8-9(13(15,16)17)6-7-12(11)18-10-4-2-1-3-5-10/h2,4,6-8,10,18H,1,3,5H2. The maximum atomic E-state index is 12.5. The summed E-state index contributed by atoms with van der Waals surface area (Å²) in [4.78, 5) is 0. The molecule has 0 heterocycles. The molecule has 1 nitrogen and oxygen atoms in total. The lowest BCUT2D eigenvalue weighted by molar-refractivity contribution is -0.137. The molecule has 0 radical (unpaired) electrons. The van der Waals surface area contributed by atoms with Gasteiger partial charge in [0.15, 0.2) is 0 Å². The summed E-state index contributed by atoms with van der Waals surface area (Å²) in [6, 6.07) is 3.53. The van der Waals surface area contributed by atoms with Gasteiger partial charge in [-0.05, 0) is 37.5 Å². The van der Waals surface area contributed by atoms with Crippen LogP contribution in [-0.4, -0.2) is 6.04 Å². The van der Waals surface area contributed by atoms with E-state index in [1.54, 1.807) is 0 Å². The van der Waals surface area contributed by atoms with Crippen molar-refractivity contribution in [2.45, 2.75) is 31.5 Å². The highest BCUT2D eigenvalue weighted by atomic mass is 35.5. The third kappa shape index (κ3) is 3.19. The lowest BCUT2D eigenvalue weighted by atomic mass is 10.0. The van der Waals surface area contributed by atoms with E-state index in [4.69, 9.17) is 11.6 Å². The van der Waals surface area contributed by atoms with E-state index in [1.165, 1.54) is 6.07 Å². The third-order valence-corrected chi connectivity index (χ3v) is 3.20. The highest BCUT2D eigenvalue weighted by Gasteiger charge is 2.30. The van der Waals surface area contributed by atoms with Gasteiger partial charge in [0, 0.05) is 6.04 Å². The first-order valence-electron chi connectivity index (χ1n) is 5.77. The fourth-order valence-corrected chi connectivity index (χ4v) is 2.18. The molecule has 1 aliphatic rings. The molecule has 18 heavy (non-hydrogen) atoms. The van der Waals surface area contributed by atoms with Gasteiger partial charge in [0.25, 0.3) is 0 Å². The number of allylic oxidation sites excluding steroid dienone is 1. The van der Waals surface area contributed by atoms with Gasteiger partial charge in [0.2, 0.25) is 0 Å². The first kappa shape index (κ1) is 13.3. The molecule has 5 heteroatoms. The van der Waals surface area contributed by atoms with Crippen molar-refractivity contribution in [3.63, 3.8) is 0 Å². The van der Waals surface area contributed by atoms with Gasteiger partial charge in [-0.2, -0.15) is 13.2 Å². The van der Waals surface area contributed by atoms with Crippen molar-refractivity contribution in [1.29, 1.82) is 0 Å². The molecule has 1 aromatic rings. The molecule has 1 aliphatic carbocycles. The van der Waals surface area contributed by atoms with Crippen LogP contribution in [0.1, 0.15) is 24.8 Å². The van der Waals surface area contributed by atoms with Gasteiger partial charge in [0.05, 0.1) is 16.3 Å². The fourth-order valence-electron chi connectivity index (χ4n) is 1.94. The number of hydrogen-bond donors (Lipinski definition) is 1. The normalized spacial score (nSPS) is 19.9. The second kappa shape index (κ2) is 5.22. The van der Waals surface area contributed by atoms with Gasteiger partial charge in [-0.3, -0.25) is 0 Å². The minimum absolute atomic E-state index is 0.101. The Morgan fingerprint density at radius 1 is 1.28 bits per heavy atom. The summed E-state index contributed by atoms with van der Waals surface area (Å²) in [6.07, 6.45) is 2.84. The second-order valence-electron chi connectivity index (χ2n) is 4.30. The summed E-state index contributed by atoms with van der Waals surface area (Å²) >= 11 is 5.87. The predicted octanol–water partition coefficient (Wildman–Crippen LogP) is 4.88. The van der Waals surface area contributed by atoms with Gasteiger partial charge in [-0.1, -0.05) is 23.8 Å². The highest BCUT2D eigenvalue weighted by molar-refractivity contribution is 6.33. The zero-order chi connectivity index (χ0) is 13.2. The topological polar surface area (TPSA) is 12.0 Å². The number of alkyl halides is 3. The Balaban J connectivity index is 2.14. The summed E-state index contributed by atoms with van der Waals surface area (Å²) in [6.45, 7) is 0. The molecule has 0 aromatic heterocycles. The molecular formula is C13H13ClF3N. The van der Waals surface area contributed by atoms with E-state index < -0.39 is 11.7 Å². The van der Waals surface area contributed by atoms with Gasteiger partial charge in [-0.25, -0.2) is 0 Å². The number of rotatable bonds is 2. The van der Waals surface area contributed by atoms with Crippen molar-refractivity contribution in [2.24, 2.45) is 0 Å². The Morgan fingerprint density at radius 2 is 2.06 bits per heavy atom. The van der Waals surface area contributed by atoms with Crippen molar-refractivity contribution in [1.82, 2.24) is 0 Å². The largest absolute Gasteiger partial charge is 0.416 e. The number of hydrogen-bond acceptors (Lipinski definition) is 1. The molecule has 1 aromatic carbocycles. The smallest absolute Gasteiger partial charge is 0.378 e. The van der Waals surface area contributed by atoms with Crippen LogP contribution in [0.4, 0.5) is 18.9 Å². The molecule has 98 valence electrons. The van der Waals surface area contributed by atoms with Crippen LogP contribution in [0.15, 0.2) is 30.4 Å². The number of anilines is 1. The summed E-state index contributed by atoms with van der Waals surface area (Å²) in [5.74, 6) is 0. The van der Waals surface area contributed by atoms with E-state index in [0.29, 0.717) is 5.69 Å². The number of benzene rings is 1. The minimum atomic E-state index is -4.35. The third-order valence-electron chi connectivity index (χ3n) is 2.89. The van der Waals surface area contributed by atoms with Crippen LogP contribution in [0.5, 0.6) is 0 Å². The van der Waals surface area contributed by atoms with Gasteiger partial charge in [-0.15, -0.1) is 0 Å². The maximum absolute atomic E-state index is 12.5. The molecular weight excluding hydrogens is 263 g/mol. The number of halogens is 4. The van der Waals surface area contributed by atoms with Crippen LogP contribution in [0.2, 0.25) is 5.02 Å². The van der Waals surface area contributed by atoms with E-state index in [9.17, 15) is 13.2 Å². The van der Waals surface area contributed by atoms with Crippen molar-refractivity contribution in [3.8, 4) is 0 Å². The molecule has 1 unspecified atom stereocenters. The van der Waals surface area contributed by atoms with Crippen molar-refractivity contribution < 1.29 is 13.2 Å². The van der Waals surface area contributed by atoms with Crippen LogP contribution in [0.25, 0.3) is 0 Å². The Hall–Kier alpha value is -1.16. The Bertz CT molecular complexity index is 454. The van der Waals surface area contributed by atoms with Gasteiger partial charge in [0.1, 0.15) is 0 Å². The Kier molecular flexibility index (Phi) is 3.85. The second-order valence-corrected chi connectivity index (χ2v) is 4.71. The first-order valence-corrected chi connectivity index (χ1v) is 6.14. The van der Waals surface area contributed by atoms with E-state index in [0.717, 1.165) is 31.4 Å². The van der Waals surface area contributed by atoms with Crippen LogP contribution in [0.3, 0.4) is 0 Å². The Labute approximate surface area is 109 Å².